The van der Waals surface area contributed by atoms with Crippen molar-refractivity contribution in [3.8, 4) is 0 Å². The Morgan fingerprint density at radius 1 is 1.29 bits per heavy atom. The number of hydrogen-bond acceptors (Lipinski definition) is 2. The maximum absolute atomic E-state index is 13.1. The Kier molecular flexibility index (Phi) is 2.40. The second-order valence-electron chi connectivity index (χ2n) is 4.90. The second kappa shape index (κ2) is 3.81. The number of benzene rings is 1. The fourth-order valence-corrected chi connectivity index (χ4v) is 2.77. The van der Waals surface area contributed by atoms with Crippen molar-refractivity contribution in [3.63, 3.8) is 0 Å². The zero-order chi connectivity index (χ0) is 11.9. The minimum absolute atomic E-state index is 0.157. The Balaban J connectivity index is 1.79. The van der Waals surface area contributed by atoms with Crippen LogP contribution in [0.4, 0.5) is 10.1 Å². The first-order valence-corrected chi connectivity index (χ1v) is 6.00. The highest BCUT2D eigenvalue weighted by Crippen LogP contribution is 2.42. The van der Waals surface area contributed by atoms with E-state index >= 15 is 0 Å². The Hall–Kier alpha value is -1.42. The van der Waals surface area contributed by atoms with Crippen molar-refractivity contribution < 1.29 is 9.18 Å². The van der Waals surface area contributed by atoms with Gasteiger partial charge in [-0.25, -0.2) is 4.39 Å². The molecule has 0 saturated carbocycles. The molecule has 0 unspecified atom stereocenters. The smallest absolute Gasteiger partial charge is 0.235 e. The molecule has 2 aliphatic rings. The van der Waals surface area contributed by atoms with E-state index < -0.39 is 0 Å². The van der Waals surface area contributed by atoms with Crippen LogP contribution >= 0.6 is 0 Å². The summed E-state index contributed by atoms with van der Waals surface area (Å²) in [6.07, 6.45) is 1.80. The number of nitrogens with zero attached hydrogens (tertiary/aromatic N) is 1. The monoisotopic (exact) mass is 234 g/mol. The van der Waals surface area contributed by atoms with Gasteiger partial charge in [0.2, 0.25) is 5.91 Å². The zero-order valence-corrected chi connectivity index (χ0v) is 9.58. The van der Waals surface area contributed by atoms with Gasteiger partial charge >= 0.3 is 0 Å². The van der Waals surface area contributed by atoms with Crippen molar-refractivity contribution in [2.45, 2.75) is 12.8 Å². The van der Waals surface area contributed by atoms with Gasteiger partial charge in [0.15, 0.2) is 0 Å². The quantitative estimate of drug-likeness (QED) is 0.748. The summed E-state index contributed by atoms with van der Waals surface area (Å²) in [4.78, 5) is 13.9. The van der Waals surface area contributed by atoms with Crippen LogP contribution in [0.15, 0.2) is 24.3 Å². The van der Waals surface area contributed by atoms with Crippen LogP contribution in [0.5, 0.6) is 0 Å². The molecule has 2 heterocycles. The van der Waals surface area contributed by atoms with E-state index in [9.17, 15) is 9.18 Å². The first-order valence-electron chi connectivity index (χ1n) is 6.00. The van der Waals surface area contributed by atoms with E-state index in [4.69, 9.17) is 0 Å². The van der Waals surface area contributed by atoms with Gasteiger partial charge in [-0.2, -0.15) is 0 Å². The number of β-lactam (4-membered cyclic amide) rings is 1. The van der Waals surface area contributed by atoms with Gasteiger partial charge in [0, 0.05) is 12.2 Å². The fraction of sp³-hybridized carbons (Fsp3) is 0.462. The van der Waals surface area contributed by atoms with Crippen LogP contribution in [0.2, 0.25) is 0 Å². The number of halogens is 1. The molecule has 3 nitrogen and oxygen atoms in total. The molecule has 1 amide bonds. The molecule has 17 heavy (non-hydrogen) atoms. The Morgan fingerprint density at radius 2 is 2.06 bits per heavy atom. The van der Waals surface area contributed by atoms with Crippen molar-refractivity contribution in [1.29, 1.82) is 0 Å². The van der Waals surface area contributed by atoms with Crippen LogP contribution in [0.1, 0.15) is 12.8 Å². The molecule has 0 atom stereocenters. The van der Waals surface area contributed by atoms with E-state index in [0.29, 0.717) is 5.69 Å². The lowest BCUT2D eigenvalue weighted by Gasteiger charge is -2.50. The highest BCUT2D eigenvalue weighted by molar-refractivity contribution is 6.04. The maximum atomic E-state index is 13.1. The van der Waals surface area contributed by atoms with Gasteiger partial charge in [0.05, 0.1) is 5.41 Å². The molecule has 2 aliphatic heterocycles. The van der Waals surface area contributed by atoms with Gasteiger partial charge in [0.25, 0.3) is 0 Å². The third kappa shape index (κ3) is 1.63. The number of piperidine rings is 1. The first kappa shape index (κ1) is 10.7. The van der Waals surface area contributed by atoms with Crippen LogP contribution < -0.4 is 10.2 Å². The molecule has 2 fully saturated rings. The summed E-state index contributed by atoms with van der Waals surface area (Å²) >= 11 is 0. The van der Waals surface area contributed by atoms with E-state index in [1.54, 1.807) is 17.0 Å². The summed E-state index contributed by atoms with van der Waals surface area (Å²) in [6, 6.07) is 6.25. The molecule has 0 bridgehead atoms. The lowest BCUT2D eigenvalue weighted by molar-refractivity contribution is -0.137. The first-order chi connectivity index (χ1) is 8.21. The number of nitrogens with one attached hydrogen (secondary N) is 1. The predicted octanol–water partition coefficient (Wildman–Crippen LogP) is 1.54. The Labute approximate surface area is 99.6 Å². The summed E-state index contributed by atoms with van der Waals surface area (Å²) in [5.74, 6) is -0.133. The van der Waals surface area contributed by atoms with Crippen molar-refractivity contribution in [2.75, 3.05) is 24.5 Å². The van der Waals surface area contributed by atoms with E-state index in [0.717, 1.165) is 32.5 Å². The van der Waals surface area contributed by atoms with Crippen LogP contribution in [-0.2, 0) is 4.79 Å². The van der Waals surface area contributed by atoms with Crippen molar-refractivity contribution in [3.05, 3.63) is 30.1 Å². The number of hydrogen-bond donors (Lipinski definition) is 1. The number of amides is 1. The summed E-state index contributed by atoms with van der Waals surface area (Å²) in [5, 5.41) is 3.26. The van der Waals surface area contributed by atoms with E-state index in [2.05, 4.69) is 5.32 Å². The zero-order valence-electron chi connectivity index (χ0n) is 9.58. The molecule has 1 aromatic rings. The highest BCUT2D eigenvalue weighted by atomic mass is 19.1. The Bertz CT molecular complexity index is 454. The third-order valence-electron chi connectivity index (χ3n) is 3.84. The number of anilines is 1. The van der Waals surface area contributed by atoms with Crippen molar-refractivity contribution in [1.82, 2.24) is 5.32 Å². The SMILES string of the molecule is O=C1N(c2cccc(F)c2)CC12CCNCC2. The fourth-order valence-electron chi connectivity index (χ4n) is 2.77. The molecular formula is C13H15FN2O. The van der Waals surface area contributed by atoms with Gasteiger partial charge in [0.1, 0.15) is 5.82 Å². The van der Waals surface area contributed by atoms with Crippen LogP contribution in [0.3, 0.4) is 0 Å². The lowest BCUT2D eigenvalue weighted by atomic mass is 9.71. The Morgan fingerprint density at radius 3 is 2.71 bits per heavy atom. The van der Waals surface area contributed by atoms with Crippen LogP contribution in [0.25, 0.3) is 0 Å². The minimum Gasteiger partial charge on any atom is -0.317 e. The third-order valence-corrected chi connectivity index (χ3v) is 3.84. The molecule has 1 spiro atoms. The van der Waals surface area contributed by atoms with Gasteiger partial charge in [-0.05, 0) is 44.1 Å². The molecule has 2 saturated heterocycles. The van der Waals surface area contributed by atoms with Crippen LogP contribution in [-0.4, -0.2) is 25.5 Å². The maximum Gasteiger partial charge on any atom is 0.235 e. The predicted molar refractivity (Wildman–Crippen MR) is 63.3 cm³/mol. The molecule has 1 aromatic carbocycles. The van der Waals surface area contributed by atoms with Gasteiger partial charge in [-0.15, -0.1) is 0 Å². The molecule has 0 aromatic heterocycles. The van der Waals surface area contributed by atoms with Crippen LogP contribution in [0, 0.1) is 11.2 Å². The number of rotatable bonds is 1. The molecular weight excluding hydrogens is 219 g/mol. The summed E-state index contributed by atoms with van der Waals surface area (Å²) in [5.41, 5.74) is 0.511. The highest BCUT2D eigenvalue weighted by Gasteiger charge is 2.52. The van der Waals surface area contributed by atoms with Gasteiger partial charge in [-0.3, -0.25) is 4.79 Å². The second-order valence-corrected chi connectivity index (χ2v) is 4.90. The normalized spacial score (nSPS) is 22.6. The number of carbonyl (C=O) groups excluding carboxylic acids is 1. The lowest BCUT2D eigenvalue weighted by Crippen LogP contribution is -2.64. The average molecular weight is 234 g/mol. The molecule has 4 heteroatoms. The summed E-state index contributed by atoms with van der Waals surface area (Å²) < 4.78 is 13.1. The summed E-state index contributed by atoms with van der Waals surface area (Å²) in [6.45, 7) is 2.54. The van der Waals surface area contributed by atoms with Crippen molar-refractivity contribution >= 4 is 11.6 Å². The minimum atomic E-state index is -0.290. The van der Waals surface area contributed by atoms with E-state index in [1.807, 2.05) is 0 Å². The van der Waals surface area contributed by atoms with Crippen molar-refractivity contribution in [2.24, 2.45) is 5.41 Å². The van der Waals surface area contributed by atoms with E-state index in [-0.39, 0.29) is 17.1 Å². The molecule has 3 rings (SSSR count). The summed E-state index contributed by atoms with van der Waals surface area (Å²) in [7, 11) is 0. The molecule has 90 valence electrons. The van der Waals surface area contributed by atoms with Gasteiger partial charge < -0.3 is 10.2 Å². The molecule has 0 radical (unpaired) electrons. The topological polar surface area (TPSA) is 32.3 Å². The van der Waals surface area contributed by atoms with E-state index in [1.165, 1.54) is 12.1 Å². The largest absolute Gasteiger partial charge is 0.317 e. The molecule has 1 N–H and O–H groups in total. The standard InChI is InChI=1S/C13H15FN2O/c14-10-2-1-3-11(8-10)16-9-13(12(16)17)4-6-15-7-5-13/h1-3,8,15H,4-7,9H2. The van der Waals surface area contributed by atoms with Gasteiger partial charge in [-0.1, -0.05) is 6.07 Å². The number of carbonyl (C=O) groups is 1. The molecule has 0 aliphatic carbocycles. The average Bonchev–Trinajstić information content (AvgIpc) is 2.37.